The molecule has 2 N–H and O–H groups in total. The lowest BCUT2D eigenvalue weighted by Crippen LogP contribution is -2.35. The second-order valence-corrected chi connectivity index (χ2v) is 8.93. The minimum atomic E-state index is -0.497. The number of rotatable bonds is 5. The van der Waals surface area contributed by atoms with Crippen molar-refractivity contribution in [1.82, 2.24) is 10.3 Å². The zero-order chi connectivity index (χ0) is 24.4. The van der Waals surface area contributed by atoms with E-state index in [2.05, 4.69) is 15.6 Å². The van der Waals surface area contributed by atoms with Crippen LogP contribution in [0.2, 0.25) is 0 Å². The van der Waals surface area contributed by atoms with Gasteiger partial charge >= 0.3 is 0 Å². The van der Waals surface area contributed by atoms with E-state index < -0.39 is 5.92 Å². The number of nitrogens with one attached hydrogen (secondary N) is 2. The summed E-state index contributed by atoms with van der Waals surface area (Å²) in [5.74, 6) is 1.14. The summed E-state index contributed by atoms with van der Waals surface area (Å²) in [7, 11) is 0. The number of Topliss-reactive ketones (excluding diaryl/α,β-unsaturated/α-hetero) is 1. The first-order chi connectivity index (χ1) is 17.0. The van der Waals surface area contributed by atoms with E-state index in [0.29, 0.717) is 29.1 Å². The number of hydrogen-bond acceptors (Lipinski definition) is 5. The highest BCUT2D eigenvalue weighted by molar-refractivity contribution is 6.09. The molecule has 0 bridgehead atoms. The van der Waals surface area contributed by atoms with Gasteiger partial charge in [0.15, 0.2) is 5.78 Å². The first kappa shape index (κ1) is 22.6. The quantitative estimate of drug-likeness (QED) is 0.499. The third-order valence-electron chi connectivity index (χ3n) is 6.35. The summed E-state index contributed by atoms with van der Waals surface area (Å²) in [5, 5.41) is 6.29. The van der Waals surface area contributed by atoms with Gasteiger partial charge < -0.3 is 15.4 Å². The molecule has 0 fully saturated rings. The van der Waals surface area contributed by atoms with Gasteiger partial charge in [0.1, 0.15) is 17.3 Å². The van der Waals surface area contributed by atoms with Gasteiger partial charge in [-0.1, -0.05) is 30.3 Å². The van der Waals surface area contributed by atoms with E-state index in [1.165, 1.54) is 0 Å². The largest absolute Gasteiger partial charge is 0.457 e. The molecule has 0 spiro atoms. The molecule has 35 heavy (non-hydrogen) atoms. The Bertz CT molecular complexity index is 1360. The van der Waals surface area contributed by atoms with Crippen molar-refractivity contribution in [3.63, 3.8) is 0 Å². The maximum Gasteiger partial charge on any atom is 0.255 e. The Morgan fingerprint density at radius 2 is 1.80 bits per heavy atom. The minimum Gasteiger partial charge on any atom is -0.457 e. The van der Waals surface area contributed by atoms with Gasteiger partial charge in [-0.2, -0.15) is 0 Å². The molecule has 0 unspecified atom stereocenters. The summed E-state index contributed by atoms with van der Waals surface area (Å²) in [6.07, 6.45) is 3.73. The number of para-hydroxylation sites is 1. The third-order valence-corrected chi connectivity index (χ3v) is 6.35. The van der Waals surface area contributed by atoms with Gasteiger partial charge in [0.05, 0.1) is 0 Å². The molecule has 1 aliphatic carbocycles. The van der Waals surface area contributed by atoms with Crippen molar-refractivity contribution in [2.24, 2.45) is 0 Å². The maximum atomic E-state index is 13.6. The lowest BCUT2D eigenvalue weighted by Gasteiger charge is -2.34. The molecular formula is C29H27N3O3. The average Bonchev–Trinajstić information content (AvgIpc) is 2.84. The van der Waals surface area contributed by atoms with Crippen molar-refractivity contribution in [1.29, 1.82) is 0 Å². The minimum absolute atomic E-state index is 0.0737. The number of nitrogens with zero attached hydrogens (tertiary/aromatic N) is 1. The second-order valence-electron chi connectivity index (χ2n) is 8.93. The van der Waals surface area contributed by atoms with Crippen molar-refractivity contribution in [2.45, 2.75) is 39.0 Å². The number of aromatic nitrogens is 1. The van der Waals surface area contributed by atoms with E-state index >= 15 is 0 Å². The summed E-state index contributed by atoms with van der Waals surface area (Å²) < 4.78 is 6.06. The van der Waals surface area contributed by atoms with Crippen LogP contribution in [0.5, 0.6) is 11.5 Å². The zero-order valence-corrected chi connectivity index (χ0v) is 19.8. The molecule has 0 saturated carbocycles. The fourth-order valence-electron chi connectivity index (χ4n) is 4.79. The number of carbonyl (C=O) groups excluding carboxylic acids is 2. The van der Waals surface area contributed by atoms with Gasteiger partial charge in [-0.3, -0.25) is 9.59 Å². The summed E-state index contributed by atoms with van der Waals surface area (Å²) in [6, 6.07) is 20.9. The molecule has 176 valence electrons. The maximum absolute atomic E-state index is 13.6. The van der Waals surface area contributed by atoms with Crippen LogP contribution in [0.15, 0.2) is 95.5 Å². The molecule has 2 aliphatic rings. The molecule has 1 atom stereocenters. The van der Waals surface area contributed by atoms with Crippen LogP contribution >= 0.6 is 0 Å². The van der Waals surface area contributed by atoms with Crippen LogP contribution in [-0.4, -0.2) is 16.7 Å². The standard InChI is InChI=1S/C29H27N3O3/c1-18-14-15-30-25(16-18)32-29(34)26-19(2)31-23-12-7-13-24(33)28(23)27(26)20-8-6-11-22(17-20)35-21-9-4-3-5-10-21/h3-6,8-11,14-17,27,31H,7,12-13H2,1-2H3,(H,30,32,34)/t27-/m1/s1. The number of carbonyl (C=O) groups is 2. The Morgan fingerprint density at radius 3 is 2.60 bits per heavy atom. The zero-order valence-electron chi connectivity index (χ0n) is 19.8. The molecule has 1 amide bonds. The Morgan fingerprint density at radius 1 is 1.00 bits per heavy atom. The van der Waals surface area contributed by atoms with Gasteiger partial charge in [-0.25, -0.2) is 4.98 Å². The molecule has 1 aromatic heterocycles. The molecule has 5 rings (SSSR count). The predicted octanol–water partition coefficient (Wildman–Crippen LogP) is 5.79. The summed E-state index contributed by atoms with van der Waals surface area (Å²) in [4.78, 5) is 31.1. The number of aryl methyl sites for hydroxylation is 1. The van der Waals surface area contributed by atoms with Crippen LogP contribution in [0.3, 0.4) is 0 Å². The molecule has 1 aliphatic heterocycles. The number of anilines is 1. The van der Waals surface area contributed by atoms with Crippen molar-refractivity contribution < 1.29 is 14.3 Å². The first-order valence-corrected chi connectivity index (χ1v) is 11.8. The summed E-state index contributed by atoms with van der Waals surface area (Å²) >= 11 is 0. The van der Waals surface area contributed by atoms with Crippen LogP contribution in [0, 0.1) is 6.92 Å². The van der Waals surface area contributed by atoms with Gasteiger partial charge in [0.2, 0.25) is 0 Å². The molecule has 0 saturated heterocycles. The Hall–Kier alpha value is -4.19. The fourth-order valence-corrected chi connectivity index (χ4v) is 4.79. The van der Waals surface area contributed by atoms with E-state index in [1.807, 2.05) is 80.6 Å². The number of ether oxygens (including phenoxy) is 1. The molecule has 3 aromatic rings. The molecule has 2 heterocycles. The highest BCUT2D eigenvalue weighted by Crippen LogP contribution is 2.43. The molecule has 2 aromatic carbocycles. The van der Waals surface area contributed by atoms with Crippen molar-refractivity contribution in [2.75, 3.05) is 5.32 Å². The van der Waals surface area contributed by atoms with Gasteiger partial charge in [0, 0.05) is 41.1 Å². The van der Waals surface area contributed by atoms with E-state index in [4.69, 9.17) is 4.74 Å². The van der Waals surface area contributed by atoms with E-state index in [1.54, 1.807) is 6.20 Å². The van der Waals surface area contributed by atoms with E-state index in [0.717, 1.165) is 41.1 Å². The summed E-state index contributed by atoms with van der Waals surface area (Å²) in [6.45, 7) is 3.83. The molecule has 0 radical (unpaired) electrons. The van der Waals surface area contributed by atoms with Crippen LogP contribution in [-0.2, 0) is 9.59 Å². The third kappa shape index (κ3) is 4.73. The highest BCUT2D eigenvalue weighted by Gasteiger charge is 2.38. The van der Waals surface area contributed by atoms with Crippen LogP contribution in [0.25, 0.3) is 0 Å². The van der Waals surface area contributed by atoms with Crippen molar-refractivity contribution in [3.05, 3.63) is 107 Å². The number of amides is 1. The Labute approximate surface area is 204 Å². The smallest absolute Gasteiger partial charge is 0.255 e. The monoisotopic (exact) mass is 465 g/mol. The second kappa shape index (κ2) is 9.58. The van der Waals surface area contributed by atoms with Crippen LogP contribution in [0.1, 0.15) is 43.2 Å². The topological polar surface area (TPSA) is 80.3 Å². The SMILES string of the molecule is CC1=C(C(=O)Nc2cc(C)ccn2)[C@@H](c2cccc(Oc3ccccc3)c2)C2=C(CCCC2=O)N1. The van der Waals surface area contributed by atoms with Crippen LogP contribution in [0.4, 0.5) is 5.82 Å². The Balaban J connectivity index is 1.56. The lowest BCUT2D eigenvalue weighted by molar-refractivity contribution is -0.116. The fraction of sp³-hybridized carbons (Fsp3) is 0.207. The van der Waals surface area contributed by atoms with Gasteiger partial charge in [-0.15, -0.1) is 0 Å². The Kier molecular flexibility index (Phi) is 6.19. The number of allylic oxidation sites excluding steroid dienone is 3. The molecule has 6 nitrogen and oxygen atoms in total. The number of hydrogen-bond donors (Lipinski definition) is 2. The van der Waals surface area contributed by atoms with Gasteiger partial charge in [0.25, 0.3) is 5.91 Å². The summed E-state index contributed by atoms with van der Waals surface area (Å²) in [5.41, 5.74) is 4.66. The lowest BCUT2D eigenvalue weighted by atomic mass is 9.75. The number of benzene rings is 2. The van der Waals surface area contributed by atoms with E-state index in [9.17, 15) is 9.59 Å². The number of dihydropyridines is 1. The predicted molar refractivity (Wildman–Crippen MR) is 135 cm³/mol. The van der Waals surface area contributed by atoms with Crippen molar-refractivity contribution >= 4 is 17.5 Å². The van der Waals surface area contributed by atoms with E-state index in [-0.39, 0.29) is 11.7 Å². The number of pyridine rings is 1. The molecular weight excluding hydrogens is 438 g/mol. The highest BCUT2D eigenvalue weighted by atomic mass is 16.5. The molecule has 6 heteroatoms. The normalized spacial score (nSPS) is 17.5. The number of ketones is 1. The van der Waals surface area contributed by atoms with Crippen LogP contribution < -0.4 is 15.4 Å². The average molecular weight is 466 g/mol. The van der Waals surface area contributed by atoms with Gasteiger partial charge in [-0.05, 0) is 74.2 Å². The first-order valence-electron chi connectivity index (χ1n) is 11.8. The van der Waals surface area contributed by atoms with Crippen molar-refractivity contribution in [3.8, 4) is 11.5 Å².